The lowest BCUT2D eigenvalue weighted by atomic mass is 9.95. The van der Waals surface area contributed by atoms with Crippen LogP contribution in [-0.4, -0.2) is 33.5 Å². The van der Waals surface area contributed by atoms with Crippen LogP contribution >= 0.6 is 11.8 Å². The van der Waals surface area contributed by atoms with Crippen molar-refractivity contribution in [3.05, 3.63) is 70.7 Å². The number of hydrogen-bond acceptors (Lipinski definition) is 7. The highest BCUT2D eigenvalue weighted by molar-refractivity contribution is 7.99. The summed E-state index contributed by atoms with van der Waals surface area (Å²) >= 11 is 1.57. The van der Waals surface area contributed by atoms with Crippen molar-refractivity contribution in [1.29, 1.82) is 0 Å². The highest BCUT2D eigenvalue weighted by atomic mass is 32.2. The van der Waals surface area contributed by atoms with Crippen molar-refractivity contribution in [2.45, 2.75) is 44.5 Å². The third-order valence-electron chi connectivity index (χ3n) is 5.67. The second kappa shape index (κ2) is 10.8. The number of carbonyl (C=O) groups excluding carboxylic acids is 1. The monoisotopic (exact) mass is 497 g/mol. The SMILES string of the molecule is CCCCSc1nc2n(n1)C(c1ccc(OCc3ccccc3F)c(OC)c1)C(C(N)=O)=C(C)N2. The van der Waals surface area contributed by atoms with Crippen LogP contribution in [0.3, 0.4) is 0 Å². The zero-order chi connectivity index (χ0) is 24.9. The van der Waals surface area contributed by atoms with E-state index in [-0.39, 0.29) is 12.4 Å². The Morgan fingerprint density at radius 3 is 2.77 bits per heavy atom. The number of primary amides is 1. The number of carbonyl (C=O) groups is 1. The maximum absolute atomic E-state index is 14.0. The zero-order valence-electron chi connectivity index (χ0n) is 19.9. The number of nitrogens with zero attached hydrogens (tertiary/aromatic N) is 3. The van der Waals surface area contributed by atoms with Gasteiger partial charge in [-0.1, -0.05) is 49.4 Å². The lowest BCUT2D eigenvalue weighted by Gasteiger charge is -2.28. The maximum atomic E-state index is 14.0. The second-order valence-electron chi connectivity index (χ2n) is 8.09. The van der Waals surface area contributed by atoms with Crippen LogP contribution in [0.2, 0.25) is 0 Å². The molecule has 0 fully saturated rings. The van der Waals surface area contributed by atoms with Crippen molar-refractivity contribution >= 4 is 23.6 Å². The molecule has 0 saturated heterocycles. The molecule has 0 radical (unpaired) electrons. The molecule has 2 aromatic carbocycles. The fraction of sp³-hybridized carbons (Fsp3) is 0.320. The molecule has 184 valence electrons. The van der Waals surface area contributed by atoms with Gasteiger partial charge in [0.15, 0.2) is 11.5 Å². The first-order valence-electron chi connectivity index (χ1n) is 11.3. The predicted molar refractivity (Wildman–Crippen MR) is 133 cm³/mol. The minimum atomic E-state index is -0.591. The van der Waals surface area contributed by atoms with Crippen LogP contribution < -0.4 is 20.5 Å². The summed E-state index contributed by atoms with van der Waals surface area (Å²) in [5.41, 5.74) is 7.94. The average molecular weight is 498 g/mol. The number of anilines is 1. The smallest absolute Gasteiger partial charge is 0.248 e. The number of nitrogens with two attached hydrogens (primary N) is 1. The van der Waals surface area contributed by atoms with Gasteiger partial charge in [0.2, 0.25) is 17.0 Å². The molecule has 3 N–H and O–H groups in total. The van der Waals surface area contributed by atoms with Gasteiger partial charge in [0.25, 0.3) is 0 Å². The fourth-order valence-electron chi connectivity index (χ4n) is 3.87. The van der Waals surface area contributed by atoms with Gasteiger partial charge in [0, 0.05) is 17.0 Å². The molecule has 4 rings (SSSR count). The van der Waals surface area contributed by atoms with Crippen LogP contribution in [0.4, 0.5) is 10.3 Å². The van der Waals surface area contributed by atoms with Gasteiger partial charge in [-0.2, -0.15) is 4.98 Å². The number of benzene rings is 2. The minimum absolute atomic E-state index is 0.0485. The molecule has 1 atom stereocenters. The van der Waals surface area contributed by atoms with E-state index in [1.54, 1.807) is 53.7 Å². The number of unbranched alkanes of at least 4 members (excludes halogenated alkanes) is 1. The number of halogens is 1. The molecular formula is C25H28FN5O3S. The number of ether oxygens (including phenoxy) is 2. The van der Waals surface area contributed by atoms with Crippen LogP contribution in [0, 0.1) is 5.82 Å². The van der Waals surface area contributed by atoms with E-state index in [2.05, 4.69) is 22.3 Å². The van der Waals surface area contributed by atoms with Crippen molar-refractivity contribution in [2.24, 2.45) is 5.73 Å². The summed E-state index contributed by atoms with van der Waals surface area (Å²) in [5.74, 6) is 1.44. The highest BCUT2D eigenvalue weighted by Crippen LogP contribution is 2.39. The largest absolute Gasteiger partial charge is 0.493 e. The van der Waals surface area contributed by atoms with E-state index < -0.39 is 11.9 Å². The number of amides is 1. The van der Waals surface area contributed by atoms with Crippen molar-refractivity contribution < 1.29 is 18.7 Å². The van der Waals surface area contributed by atoms with Gasteiger partial charge in [0.05, 0.1) is 12.7 Å². The first kappa shape index (κ1) is 24.6. The fourth-order valence-corrected chi connectivity index (χ4v) is 4.78. The van der Waals surface area contributed by atoms with E-state index in [1.807, 2.05) is 6.07 Å². The molecular weight excluding hydrogens is 469 g/mol. The molecule has 1 amide bonds. The third-order valence-corrected chi connectivity index (χ3v) is 6.60. The summed E-state index contributed by atoms with van der Waals surface area (Å²) in [7, 11) is 1.52. The quantitative estimate of drug-likeness (QED) is 0.310. The number of rotatable bonds is 10. The number of methoxy groups -OCH3 is 1. The van der Waals surface area contributed by atoms with E-state index in [0.717, 1.165) is 24.2 Å². The van der Waals surface area contributed by atoms with Crippen LogP contribution in [0.5, 0.6) is 11.5 Å². The molecule has 0 bridgehead atoms. The number of aromatic nitrogens is 3. The Kier molecular flexibility index (Phi) is 7.60. The lowest BCUT2D eigenvalue weighted by Crippen LogP contribution is -2.31. The molecule has 0 spiro atoms. The van der Waals surface area contributed by atoms with Gasteiger partial charge >= 0.3 is 0 Å². The van der Waals surface area contributed by atoms with Gasteiger partial charge in [0.1, 0.15) is 18.5 Å². The number of allylic oxidation sites excluding steroid dienone is 1. The second-order valence-corrected chi connectivity index (χ2v) is 9.15. The molecule has 1 aliphatic heterocycles. The molecule has 3 aromatic rings. The van der Waals surface area contributed by atoms with E-state index in [1.165, 1.54) is 13.2 Å². The molecule has 0 aliphatic carbocycles. The first-order valence-corrected chi connectivity index (χ1v) is 12.3. The molecule has 10 heteroatoms. The van der Waals surface area contributed by atoms with Crippen LogP contribution in [0.25, 0.3) is 0 Å². The summed E-state index contributed by atoms with van der Waals surface area (Å²) in [6.07, 6.45) is 2.14. The summed E-state index contributed by atoms with van der Waals surface area (Å²) in [6, 6.07) is 11.2. The molecule has 1 aromatic heterocycles. The molecule has 35 heavy (non-hydrogen) atoms. The number of nitrogens with one attached hydrogen (secondary N) is 1. The van der Waals surface area contributed by atoms with E-state index >= 15 is 0 Å². The average Bonchev–Trinajstić information content (AvgIpc) is 3.24. The Bertz CT molecular complexity index is 1260. The van der Waals surface area contributed by atoms with Crippen LogP contribution in [0.1, 0.15) is 43.9 Å². The maximum Gasteiger partial charge on any atom is 0.248 e. The van der Waals surface area contributed by atoms with Gasteiger partial charge < -0.3 is 20.5 Å². The minimum Gasteiger partial charge on any atom is -0.493 e. The van der Waals surface area contributed by atoms with Crippen molar-refractivity contribution in [1.82, 2.24) is 14.8 Å². The van der Waals surface area contributed by atoms with E-state index in [4.69, 9.17) is 15.2 Å². The Balaban J connectivity index is 1.67. The van der Waals surface area contributed by atoms with Gasteiger partial charge in [-0.25, -0.2) is 9.07 Å². The lowest BCUT2D eigenvalue weighted by molar-refractivity contribution is -0.115. The highest BCUT2D eigenvalue weighted by Gasteiger charge is 2.34. The number of fused-ring (bicyclic) bond motifs is 1. The molecule has 2 heterocycles. The van der Waals surface area contributed by atoms with E-state index in [9.17, 15) is 9.18 Å². The number of hydrogen-bond donors (Lipinski definition) is 2. The van der Waals surface area contributed by atoms with Gasteiger partial charge in [-0.05, 0) is 37.1 Å². The first-order chi connectivity index (χ1) is 16.9. The molecule has 0 saturated carbocycles. The van der Waals surface area contributed by atoms with Crippen LogP contribution in [0.15, 0.2) is 58.9 Å². The standard InChI is InChI=1S/C25H28FN5O3S/c1-4-5-12-35-25-29-24-28-15(2)21(23(27)32)22(31(24)30-25)16-10-11-19(20(13-16)33-3)34-14-17-8-6-7-9-18(17)26/h6-11,13,22H,4-5,12,14H2,1-3H3,(H2,27,32)(H,28,29,30). The molecule has 1 unspecified atom stereocenters. The molecule has 1 aliphatic rings. The predicted octanol–water partition coefficient (Wildman–Crippen LogP) is 4.67. The van der Waals surface area contributed by atoms with Gasteiger partial charge in [-0.15, -0.1) is 5.10 Å². The third kappa shape index (κ3) is 5.27. The summed E-state index contributed by atoms with van der Waals surface area (Å²) in [6.45, 7) is 3.97. The van der Waals surface area contributed by atoms with Crippen LogP contribution in [-0.2, 0) is 11.4 Å². The van der Waals surface area contributed by atoms with E-state index in [0.29, 0.717) is 39.4 Å². The summed E-state index contributed by atoms with van der Waals surface area (Å²) in [5, 5.41) is 8.44. The summed E-state index contributed by atoms with van der Waals surface area (Å²) < 4.78 is 27.1. The Morgan fingerprint density at radius 2 is 2.06 bits per heavy atom. The van der Waals surface area contributed by atoms with Gasteiger partial charge in [-0.3, -0.25) is 4.79 Å². The Hall–Kier alpha value is -3.53. The normalized spacial score (nSPS) is 14.9. The van der Waals surface area contributed by atoms with Crippen molar-refractivity contribution in [3.63, 3.8) is 0 Å². The Morgan fingerprint density at radius 1 is 1.26 bits per heavy atom. The summed E-state index contributed by atoms with van der Waals surface area (Å²) in [4.78, 5) is 17.1. The Labute approximate surface area is 207 Å². The number of thioether (sulfide) groups is 1. The molecule has 8 nitrogen and oxygen atoms in total. The topological polar surface area (TPSA) is 104 Å². The zero-order valence-corrected chi connectivity index (χ0v) is 20.7. The van der Waals surface area contributed by atoms with Crippen molar-refractivity contribution in [2.75, 3.05) is 18.2 Å². The van der Waals surface area contributed by atoms with Crippen molar-refractivity contribution in [3.8, 4) is 11.5 Å².